The summed E-state index contributed by atoms with van der Waals surface area (Å²) in [4.78, 5) is -0.314. The van der Waals surface area contributed by atoms with Crippen molar-refractivity contribution in [3.05, 3.63) is 47.8 Å². The number of rotatable bonds is 4. The van der Waals surface area contributed by atoms with Crippen molar-refractivity contribution < 1.29 is 17.5 Å². The van der Waals surface area contributed by atoms with Crippen molar-refractivity contribution in [2.45, 2.75) is 11.8 Å². The molecule has 2 aromatic rings. The molecule has 2 rings (SSSR count). The van der Waals surface area contributed by atoms with Gasteiger partial charge in [0, 0.05) is 0 Å². The zero-order valence-electron chi connectivity index (χ0n) is 11.6. The van der Waals surface area contributed by atoms with Crippen LogP contribution in [0, 0.1) is 12.7 Å². The molecule has 0 saturated heterocycles. The second kappa shape index (κ2) is 5.61. The van der Waals surface area contributed by atoms with Crippen molar-refractivity contribution in [1.82, 2.24) is 0 Å². The van der Waals surface area contributed by atoms with E-state index in [1.807, 2.05) is 6.92 Å². The molecule has 3 N–H and O–H groups in total. The van der Waals surface area contributed by atoms with Gasteiger partial charge < -0.3 is 10.5 Å². The van der Waals surface area contributed by atoms with Gasteiger partial charge in [0.25, 0.3) is 10.0 Å². The average Bonchev–Trinajstić information content (AvgIpc) is 2.41. The van der Waals surface area contributed by atoms with E-state index in [9.17, 15) is 12.8 Å². The number of nitrogens with two attached hydrogens (primary N) is 1. The number of ether oxygens (including phenoxy) is 1. The van der Waals surface area contributed by atoms with Crippen LogP contribution in [0.1, 0.15) is 5.56 Å². The first-order valence-electron chi connectivity index (χ1n) is 6.06. The lowest BCUT2D eigenvalue weighted by Gasteiger charge is -2.13. The van der Waals surface area contributed by atoms with Crippen LogP contribution in [0.5, 0.6) is 5.75 Å². The van der Waals surface area contributed by atoms with Crippen LogP contribution in [0.3, 0.4) is 0 Å². The molecule has 5 nitrogen and oxygen atoms in total. The van der Waals surface area contributed by atoms with Crippen molar-refractivity contribution in [1.29, 1.82) is 0 Å². The predicted molar refractivity (Wildman–Crippen MR) is 79.4 cm³/mol. The fraction of sp³-hybridized carbons (Fsp3) is 0.143. The van der Waals surface area contributed by atoms with Crippen LogP contribution in [0.25, 0.3) is 0 Å². The molecule has 0 amide bonds. The molecule has 0 unspecified atom stereocenters. The summed E-state index contributed by atoms with van der Waals surface area (Å²) in [6.45, 7) is 1.81. The molecule has 0 spiro atoms. The first-order chi connectivity index (χ1) is 9.85. The van der Waals surface area contributed by atoms with E-state index in [0.29, 0.717) is 5.75 Å². The number of hydrogen-bond acceptors (Lipinski definition) is 4. The molecule has 0 bridgehead atoms. The van der Waals surface area contributed by atoms with E-state index in [1.54, 1.807) is 18.2 Å². The zero-order chi connectivity index (χ0) is 15.6. The molecule has 112 valence electrons. The van der Waals surface area contributed by atoms with Gasteiger partial charge in [-0.3, -0.25) is 4.72 Å². The minimum atomic E-state index is -4.01. The van der Waals surface area contributed by atoms with Gasteiger partial charge in [-0.15, -0.1) is 0 Å². The van der Waals surface area contributed by atoms with Crippen molar-refractivity contribution in [3.8, 4) is 5.75 Å². The van der Waals surface area contributed by atoms with Gasteiger partial charge in [0.1, 0.15) is 16.5 Å². The van der Waals surface area contributed by atoms with Gasteiger partial charge in [-0.05, 0) is 36.8 Å². The largest absolute Gasteiger partial charge is 0.495 e. The smallest absolute Gasteiger partial charge is 0.264 e. The summed E-state index contributed by atoms with van der Waals surface area (Å²) in [5.41, 5.74) is 6.19. The predicted octanol–water partition coefficient (Wildman–Crippen LogP) is 2.53. The molecule has 0 radical (unpaired) electrons. The molecular weight excluding hydrogens is 295 g/mol. The first kappa shape index (κ1) is 15.1. The highest BCUT2D eigenvalue weighted by Gasteiger charge is 2.21. The Morgan fingerprint density at radius 1 is 1.24 bits per heavy atom. The molecule has 0 aromatic heterocycles. The van der Waals surface area contributed by atoms with Crippen LogP contribution in [-0.2, 0) is 10.0 Å². The van der Waals surface area contributed by atoms with E-state index in [0.717, 1.165) is 11.6 Å². The Hall–Kier alpha value is -2.28. The lowest BCUT2D eigenvalue weighted by atomic mass is 10.2. The summed E-state index contributed by atoms with van der Waals surface area (Å²) in [5, 5.41) is 0. The van der Waals surface area contributed by atoms with Gasteiger partial charge in [0.05, 0.1) is 18.5 Å². The van der Waals surface area contributed by atoms with Crippen LogP contribution in [0.2, 0.25) is 0 Å². The fourth-order valence-electron chi connectivity index (χ4n) is 1.85. The number of methoxy groups -OCH3 is 1. The summed E-state index contributed by atoms with van der Waals surface area (Å²) in [5.74, 6) is -0.423. The Balaban J connectivity index is 2.47. The Kier molecular flexibility index (Phi) is 4.04. The van der Waals surface area contributed by atoms with E-state index in [1.165, 1.54) is 19.2 Å². The maximum Gasteiger partial charge on any atom is 0.264 e. The van der Waals surface area contributed by atoms with Crippen LogP contribution >= 0.6 is 0 Å². The molecule has 21 heavy (non-hydrogen) atoms. The highest BCUT2D eigenvalue weighted by molar-refractivity contribution is 7.92. The highest BCUT2D eigenvalue weighted by atomic mass is 32.2. The maximum absolute atomic E-state index is 13.4. The van der Waals surface area contributed by atoms with E-state index >= 15 is 0 Å². The van der Waals surface area contributed by atoms with Gasteiger partial charge in [-0.2, -0.15) is 0 Å². The summed E-state index contributed by atoms with van der Waals surface area (Å²) in [6, 6.07) is 8.67. The molecule has 0 fully saturated rings. The molecule has 0 aliphatic carbocycles. The zero-order valence-corrected chi connectivity index (χ0v) is 12.4. The second-order valence-electron chi connectivity index (χ2n) is 4.46. The van der Waals surface area contributed by atoms with Gasteiger partial charge in [-0.1, -0.05) is 12.1 Å². The SMILES string of the molecule is COc1ccc(C)cc1NS(=O)(=O)c1cccc(F)c1N. The van der Waals surface area contributed by atoms with E-state index < -0.39 is 21.5 Å². The van der Waals surface area contributed by atoms with E-state index in [4.69, 9.17) is 10.5 Å². The monoisotopic (exact) mass is 310 g/mol. The number of nitrogen functional groups attached to an aromatic ring is 1. The number of anilines is 2. The maximum atomic E-state index is 13.4. The number of halogens is 1. The molecular formula is C14H15FN2O3S. The number of hydrogen-bond donors (Lipinski definition) is 2. The number of aryl methyl sites for hydroxylation is 1. The van der Waals surface area contributed by atoms with Crippen LogP contribution in [0.15, 0.2) is 41.3 Å². The molecule has 0 saturated carbocycles. The standard InChI is InChI=1S/C14H15FN2O3S/c1-9-6-7-12(20-2)11(8-9)17-21(18,19)13-5-3-4-10(15)14(13)16/h3-8,17H,16H2,1-2H3. The van der Waals surface area contributed by atoms with Crippen molar-refractivity contribution in [3.63, 3.8) is 0 Å². The third-order valence-electron chi connectivity index (χ3n) is 2.90. The van der Waals surface area contributed by atoms with E-state index in [-0.39, 0.29) is 10.6 Å². The molecule has 0 aliphatic rings. The minimum absolute atomic E-state index is 0.265. The summed E-state index contributed by atoms with van der Waals surface area (Å²) < 4.78 is 45.6. The van der Waals surface area contributed by atoms with E-state index in [2.05, 4.69) is 4.72 Å². The average molecular weight is 310 g/mol. The lowest BCUT2D eigenvalue weighted by molar-refractivity contribution is 0.417. The Labute approximate surface area is 122 Å². The van der Waals surface area contributed by atoms with Crippen molar-refractivity contribution >= 4 is 21.4 Å². The number of sulfonamides is 1. The lowest BCUT2D eigenvalue weighted by Crippen LogP contribution is -2.16. The van der Waals surface area contributed by atoms with Gasteiger partial charge in [-0.25, -0.2) is 12.8 Å². The number of nitrogens with one attached hydrogen (secondary N) is 1. The second-order valence-corrected chi connectivity index (χ2v) is 6.11. The normalized spacial score (nSPS) is 11.2. The summed E-state index contributed by atoms with van der Waals surface area (Å²) in [7, 11) is -2.58. The number of benzene rings is 2. The molecule has 0 aliphatic heterocycles. The fourth-order valence-corrected chi connectivity index (χ4v) is 3.06. The third-order valence-corrected chi connectivity index (χ3v) is 4.33. The Morgan fingerprint density at radius 3 is 2.62 bits per heavy atom. The summed E-state index contributed by atoms with van der Waals surface area (Å²) >= 11 is 0. The minimum Gasteiger partial charge on any atom is -0.495 e. The molecule has 0 heterocycles. The van der Waals surface area contributed by atoms with Gasteiger partial charge in [0.2, 0.25) is 0 Å². The van der Waals surface area contributed by atoms with Gasteiger partial charge >= 0.3 is 0 Å². The highest BCUT2D eigenvalue weighted by Crippen LogP contribution is 2.29. The summed E-state index contributed by atoms with van der Waals surface area (Å²) in [6.07, 6.45) is 0. The third kappa shape index (κ3) is 3.08. The van der Waals surface area contributed by atoms with Crippen molar-refractivity contribution in [2.75, 3.05) is 17.6 Å². The van der Waals surface area contributed by atoms with Crippen LogP contribution in [-0.4, -0.2) is 15.5 Å². The first-order valence-corrected chi connectivity index (χ1v) is 7.55. The topological polar surface area (TPSA) is 81.4 Å². The van der Waals surface area contributed by atoms with Gasteiger partial charge in [0.15, 0.2) is 0 Å². The van der Waals surface area contributed by atoms with Crippen molar-refractivity contribution in [2.24, 2.45) is 0 Å². The Morgan fingerprint density at radius 2 is 1.95 bits per heavy atom. The quantitative estimate of drug-likeness (QED) is 0.850. The molecule has 2 aromatic carbocycles. The van der Waals surface area contributed by atoms with Crippen LogP contribution in [0.4, 0.5) is 15.8 Å². The molecule has 7 heteroatoms. The number of para-hydroxylation sites is 1. The van der Waals surface area contributed by atoms with Crippen LogP contribution < -0.4 is 15.2 Å². The molecule has 0 atom stereocenters. The Bertz CT molecular complexity index is 776.